The first kappa shape index (κ1) is 33.0. The Morgan fingerprint density at radius 1 is 1.00 bits per heavy atom. The van der Waals surface area contributed by atoms with Crippen LogP contribution >= 0.6 is 11.6 Å². The molecule has 2 aromatic heterocycles. The predicted octanol–water partition coefficient (Wildman–Crippen LogP) is 7.09. The molecule has 1 fully saturated rings. The third-order valence-electron chi connectivity index (χ3n) is 7.20. The standard InChI is InChI=1S/C32H37ClFN5O7/c1-17-21(14-36-27-26(17)39(10-11-43-27)30(42)46-32(5,6)7)20-12-18-13-23(35-15-22(18)24(33)25(20)34)37-28(40)44-19-8-9-38(16-19)29(41)45-31(2,3)4/h12-15,19H,8-11,16H2,1-7H3,(H,35,37,40). The second-order valence-corrected chi connectivity index (χ2v) is 13.5. The fraction of sp³-hybridized carbons (Fsp3) is 0.469. The van der Waals surface area contributed by atoms with Gasteiger partial charge in [0.05, 0.1) is 18.1 Å². The Labute approximate surface area is 271 Å². The SMILES string of the molecule is Cc1c(-c2cc3cc(NC(=O)OC4CCN(C(=O)OC(C)(C)C)C4)ncc3c(Cl)c2F)cnc2c1N(C(=O)OC(C)(C)C)CCO2. The molecule has 2 aliphatic heterocycles. The van der Waals surface area contributed by atoms with E-state index in [0.717, 1.165) is 0 Å². The van der Waals surface area contributed by atoms with Crippen LogP contribution in [0.1, 0.15) is 53.5 Å². The Morgan fingerprint density at radius 2 is 1.70 bits per heavy atom. The van der Waals surface area contributed by atoms with Gasteiger partial charge >= 0.3 is 18.3 Å². The van der Waals surface area contributed by atoms with Gasteiger partial charge in [0.25, 0.3) is 0 Å². The summed E-state index contributed by atoms with van der Waals surface area (Å²) in [4.78, 5) is 49.6. The number of carbonyl (C=O) groups excluding carboxylic acids is 3. The number of nitrogens with zero attached hydrogens (tertiary/aromatic N) is 4. The quantitative estimate of drug-likeness (QED) is 0.293. The number of hydrogen-bond acceptors (Lipinski definition) is 9. The van der Waals surface area contributed by atoms with Crippen molar-refractivity contribution in [1.82, 2.24) is 14.9 Å². The average molecular weight is 658 g/mol. The van der Waals surface area contributed by atoms with Crippen LogP contribution in [0, 0.1) is 12.7 Å². The van der Waals surface area contributed by atoms with Gasteiger partial charge in [0, 0.05) is 41.9 Å². The number of pyridine rings is 2. The van der Waals surface area contributed by atoms with Gasteiger partial charge in [-0.25, -0.2) is 28.7 Å². The Hall–Kier alpha value is -4.39. The van der Waals surface area contributed by atoms with Crippen LogP contribution in [-0.2, 0) is 14.2 Å². The lowest BCUT2D eigenvalue weighted by atomic mass is 9.97. The van der Waals surface area contributed by atoms with Crippen LogP contribution in [0.25, 0.3) is 21.9 Å². The van der Waals surface area contributed by atoms with E-state index in [9.17, 15) is 14.4 Å². The molecular weight excluding hydrogens is 621 g/mol. The van der Waals surface area contributed by atoms with Crippen molar-refractivity contribution >= 4 is 52.2 Å². The minimum Gasteiger partial charge on any atom is -0.474 e. The number of anilines is 2. The van der Waals surface area contributed by atoms with Crippen LogP contribution in [0.2, 0.25) is 5.02 Å². The maximum Gasteiger partial charge on any atom is 0.415 e. The summed E-state index contributed by atoms with van der Waals surface area (Å²) in [6.07, 6.45) is 0.966. The molecule has 1 saturated heterocycles. The van der Waals surface area contributed by atoms with Crippen LogP contribution < -0.4 is 15.0 Å². The number of hydrogen-bond donors (Lipinski definition) is 1. The van der Waals surface area contributed by atoms with Crippen LogP contribution in [0.4, 0.5) is 30.3 Å². The summed E-state index contributed by atoms with van der Waals surface area (Å²) in [5.74, 6) is -0.313. The highest BCUT2D eigenvalue weighted by molar-refractivity contribution is 6.36. The van der Waals surface area contributed by atoms with Gasteiger partial charge in [-0.2, -0.15) is 0 Å². The normalized spacial score (nSPS) is 16.5. The summed E-state index contributed by atoms with van der Waals surface area (Å²) in [6, 6.07) is 3.12. The molecule has 1 aromatic carbocycles. The fourth-order valence-corrected chi connectivity index (χ4v) is 5.46. The van der Waals surface area contributed by atoms with Gasteiger partial charge in [0.1, 0.15) is 41.2 Å². The van der Waals surface area contributed by atoms with Crippen molar-refractivity contribution in [1.29, 1.82) is 0 Å². The maximum atomic E-state index is 15.8. The number of benzene rings is 1. The Balaban J connectivity index is 1.38. The first-order chi connectivity index (χ1) is 21.5. The average Bonchev–Trinajstić information content (AvgIpc) is 3.42. The maximum absolute atomic E-state index is 15.8. The molecule has 1 unspecified atom stereocenters. The van der Waals surface area contributed by atoms with E-state index in [-0.39, 0.29) is 42.0 Å². The van der Waals surface area contributed by atoms with Crippen LogP contribution in [0.15, 0.2) is 24.5 Å². The number of amides is 3. The topological polar surface area (TPSA) is 132 Å². The van der Waals surface area contributed by atoms with Crippen LogP contribution in [-0.4, -0.2) is 76.7 Å². The van der Waals surface area contributed by atoms with Crippen molar-refractivity contribution < 1.29 is 37.7 Å². The summed E-state index contributed by atoms with van der Waals surface area (Å²) in [5.41, 5.74) is 0.0815. The van der Waals surface area contributed by atoms with Crippen molar-refractivity contribution in [3.05, 3.63) is 40.9 Å². The van der Waals surface area contributed by atoms with E-state index < -0.39 is 41.4 Å². The third-order valence-corrected chi connectivity index (χ3v) is 7.57. The number of ether oxygens (including phenoxy) is 4. The highest BCUT2D eigenvalue weighted by atomic mass is 35.5. The number of rotatable bonds is 3. The molecule has 12 nitrogen and oxygen atoms in total. The lowest BCUT2D eigenvalue weighted by molar-refractivity contribution is 0.0262. The lowest BCUT2D eigenvalue weighted by Crippen LogP contribution is -2.42. The van der Waals surface area contributed by atoms with Crippen molar-refractivity contribution in [2.45, 2.75) is 72.2 Å². The molecule has 4 heterocycles. The Morgan fingerprint density at radius 3 is 2.39 bits per heavy atom. The van der Waals surface area contributed by atoms with Gasteiger partial charge in [0.2, 0.25) is 5.88 Å². The van der Waals surface area contributed by atoms with E-state index in [2.05, 4.69) is 15.3 Å². The molecule has 0 bridgehead atoms. The molecule has 0 aliphatic carbocycles. The van der Waals surface area contributed by atoms with Gasteiger partial charge < -0.3 is 23.8 Å². The van der Waals surface area contributed by atoms with E-state index in [1.54, 1.807) is 60.6 Å². The number of aromatic nitrogens is 2. The zero-order valence-electron chi connectivity index (χ0n) is 26.8. The molecule has 0 spiro atoms. The summed E-state index contributed by atoms with van der Waals surface area (Å²) in [6.45, 7) is 13.4. The van der Waals surface area contributed by atoms with Gasteiger partial charge in [-0.15, -0.1) is 0 Å². The van der Waals surface area contributed by atoms with E-state index >= 15 is 4.39 Å². The molecule has 1 N–H and O–H groups in total. The largest absolute Gasteiger partial charge is 0.474 e. The second-order valence-electron chi connectivity index (χ2n) is 13.1. The lowest BCUT2D eigenvalue weighted by Gasteiger charge is -2.32. The number of carbonyl (C=O) groups is 3. The Bertz CT molecular complexity index is 1710. The molecule has 5 rings (SSSR count). The molecule has 14 heteroatoms. The zero-order chi connectivity index (χ0) is 33.6. The summed E-state index contributed by atoms with van der Waals surface area (Å²) >= 11 is 6.48. The monoisotopic (exact) mass is 657 g/mol. The highest BCUT2D eigenvalue weighted by Gasteiger charge is 2.33. The van der Waals surface area contributed by atoms with Gasteiger partial charge in [-0.3, -0.25) is 10.2 Å². The van der Waals surface area contributed by atoms with E-state index in [1.807, 2.05) is 0 Å². The van der Waals surface area contributed by atoms with E-state index in [0.29, 0.717) is 40.6 Å². The number of likely N-dealkylation sites (tertiary alicyclic amines) is 1. The van der Waals surface area contributed by atoms with Crippen LogP contribution in [0.3, 0.4) is 0 Å². The highest BCUT2D eigenvalue weighted by Crippen LogP contribution is 2.42. The Kier molecular flexibility index (Phi) is 8.91. The molecule has 3 aromatic rings. The van der Waals surface area contributed by atoms with E-state index in [1.165, 1.54) is 22.2 Å². The van der Waals surface area contributed by atoms with Crippen molar-refractivity contribution in [2.75, 3.05) is 36.5 Å². The number of halogens is 2. The van der Waals surface area contributed by atoms with Gasteiger partial charge in [0.15, 0.2) is 0 Å². The number of nitrogens with one attached hydrogen (secondary N) is 1. The third kappa shape index (κ3) is 7.19. The van der Waals surface area contributed by atoms with Gasteiger partial charge in [-0.1, -0.05) is 11.6 Å². The smallest absolute Gasteiger partial charge is 0.415 e. The molecule has 0 radical (unpaired) electrons. The van der Waals surface area contributed by atoms with Gasteiger partial charge in [-0.05, 0) is 71.5 Å². The van der Waals surface area contributed by atoms with Crippen molar-refractivity contribution in [3.8, 4) is 17.0 Å². The fourth-order valence-electron chi connectivity index (χ4n) is 5.20. The minimum atomic E-state index is -0.756. The molecule has 2 aliphatic rings. The predicted molar refractivity (Wildman–Crippen MR) is 170 cm³/mol. The van der Waals surface area contributed by atoms with Crippen LogP contribution in [0.5, 0.6) is 5.88 Å². The first-order valence-corrected chi connectivity index (χ1v) is 15.2. The van der Waals surface area contributed by atoms with Crippen molar-refractivity contribution in [3.63, 3.8) is 0 Å². The molecule has 0 saturated carbocycles. The molecule has 246 valence electrons. The minimum absolute atomic E-state index is 0.132. The molecule has 3 amide bonds. The number of fused-ring (bicyclic) bond motifs is 2. The molecule has 1 atom stereocenters. The summed E-state index contributed by atoms with van der Waals surface area (Å²) < 4.78 is 38.0. The summed E-state index contributed by atoms with van der Waals surface area (Å²) in [7, 11) is 0. The second kappa shape index (κ2) is 12.4. The van der Waals surface area contributed by atoms with E-state index in [4.69, 9.17) is 30.5 Å². The van der Waals surface area contributed by atoms with Crippen molar-refractivity contribution in [2.24, 2.45) is 0 Å². The summed E-state index contributed by atoms with van der Waals surface area (Å²) in [5, 5.41) is 3.24. The molecular formula is C32H37ClFN5O7. The first-order valence-electron chi connectivity index (χ1n) is 14.9. The zero-order valence-corrected chi connectivity index (χ0v) is 27.6. The molecule has 46 heavy (non-hydrogen) atoms.